The highest BCUT2D eigenvalue weighted by Crippen LogP contribution is 2.31. The molecule has 0 fully saturated rings. The molecule has 3 nitrogen and oxygen atoms in total. The van der Waals surface area contributed by atoms with E-state index in [4.69, 9.17) is 16.3 Å². The third-order valence-electron chi connectivity index (χ3n) is 2.69. The maximum atomic E-state index is 5.86. The van der Waals surface area contributed by atoms with Crippen molar-refractivity contribution in [2.24, 2.45) is 0 Å². The average molecular weight is 291 g/mol. The quantitative estimate of drug-likeness (QED) is 0.759. The number of nitrogens with one attached hydrogen (secondary N) is 1. The molecule has 0 atom stereocenters. The van der Waals surface area contributed by atoms with Gasteiger partial charge >= 0.3 is 0 Å². The van der Waals surface area contributed by atoms with E-state index in [1.165, 1.54) is 0 Å². The molecule has 0 spiro atoms. The fraction of sp³-hybridized carbons (Fsp3) is 0.0714. The Kier molecular flexibility index (Phi) is 3.27. The second kappa shape index (κ2) is 5.07. The number of nitrogens with zero attached hydrogens (tertiary/aromatic N) is 1. The van der Waals surface area contributed by atoms with Crippen molar-refractivity contribution in [3.8, 4) is 5.75 Å². The molecule has 0 aliphatic heterocycles. The fourth-order valence-electron chi connectivity index (χ4n) is 1.74. The molecule has 3 aromatic rings. The summed E-state index contributed by atoms with van der Waals surface area (Å²) in [5.41, 5.74) is 1.93. The van der Waals surface area contributed by atoms with Gasteiger partial charge in [-0.05, 0) is 42.5 Å². The fourth-order valence-corrected chi connectivity index (χ4v) is 2.78. The van der Waals surface area contributed by atoms with Gasteiger partial charge in [0.2, 0.25) is 0 Å². The van der Waals surface area contributed by atoms with Gasteiger partial charge in [-0.3, -0.25) is 0 Å². The van der Waals surface area contributed by atoms with Crippen molar-refractivity contribution < 1.29 is 4.74 Å². The zero-order valence-electron chi connectivity index (χ0n) is 10.2. The van der Waals surface area contributed by atoms with E-state index in [9.17, 15) is 0 Å². The van der Waals surface area contributed by atoms with Crippen molar-refractivity contribution in [1.29, 1.82) is 0 Å². The summed E-state index contributed by atoms with van der Waals surface area (Å²) in [5, 5.41) is 4.84. The number of benzene rings is 2. The lowest BCUT2D eigenvalue weighted by atomic mass is 10.3. The molecule has 0 bridgehead atoms. The Labute approximate surface area is 119 Å². The number of methoxy groups -OCH3 is 1. The van der Waals surface area contributed by atoms with E-state index >= 15 is 0 Å². The average Bonchev–Trinajstić information content (AvgIpc) is 2.82. The first-order valence-electron chi connectivity index (χ1n) is 5.72. The molecule has 5 heteroatoms. The van der Waals surface area contributed by atoms with Crippen LogP contribution in [0.15, 0.2) is 42.5 Å². The molecule has 0 saturated heterocycles. The standard InChI is InChI=1S/C14H11ClN2OS/c1-18-11-6-7-12-13(8-11)19-14(17-12)16-10-4-2-9(15)3-5-10/h2-8H,1H3,(H,16,17). The minimum atomic E-state index is 0.722. The van der Waals surface area contributed by atoms with Crippen LogP contribution in [-0.2, 0) is 0 Å². The Morgan fingerprint density at radius 2 is 1.95 bits per heavy atom. The molecule has 96 valence electrons. The predicted molar refractivity (Wildman–Crippen MR) is 80.9 cm³/mol. The number of hydrogen-bond acceptors (Lipinski definition) is 4. The van der Waals surface area contributed by atoms with Crippen molar-refractivity contribution in [3.63, 3.8) is 0 Å². The highest BCUT2D eigenvalue weighted by molar-refractivity contribution is 7.22. The van der Waals surface area contributed by atoms with Crippen molar-refractivity contribution in [2.75, 3.05) is 12.4 Å². The molecule has 0 saturated carbocycles. The van der Waals surface area contributed by atoms with Crippen LogP contribution in [0, 0.1) is 0 Å². The van der Waals surface area contributed by atoms with Crippen LogP contribution in [0.3, 0.4) is 0 Å². The summed E-state index contributed by atoms with van der Waals surface area (Å²) in [7, 11) is 1.66. The monoisotopic (exact) mass is 290 g/mol. The first kappa shape index (κ1) is 12.3. The molecule has 0 radical (unpaired) electrons. The lowest BCUT2D eigenvalue weighted by Gasteiger charge is -2.01. The Morgan fingerprint density at radius 1 is 1.16 bits per heavy atom. The van der Waals surface area contributed by atoms with Crippen LogP contribution in [0.2, 0.25) is 5.02 Å². The number of fused-ring (bicyclic) bond motifs is 1. The summed E-state index contributed by atoms with van der Waals surface area (Å²) in [6.45, 7) is 0. The summed E-state index contributed by atoms with van der Waals surface area (Å²) in [4.78, 5) is 4.52. The molecule has 0 aliphatic rings. The molecule has 0 unspecified atom stereocenters. The smallest absolute Gasteiger partial charge is 0.188 e. The number of thiazole rings is 1. The van der Waals surface area contributed by atoms with Crippen LogP contribution in [0.25, 0.3) is 10.2 Å². The van der Waals surface area contributed by atoms with E-state index in [1.54, 1.807) is 18.4 Å². The zero-order valence-corrected chi connectivity index (χ0v) is 11.8. The van der Waals surface area contributed by atoms with Gasteiger partial charge in [0.15, 0.2) is 5.13 Å². The molecule has 0 aliphatic carbocycles. The van der Waals surface area contributed by atoms with Crippen LogP contribution in [0.5, 0.6) is 5.75 Å². The number of hydrogen-bond donors (Lipinski definition) is 1. The van der Waals surface area contributed by atoms with Crippen LogP contribution >= 0.6 is 22.9 Å². The summed E-state index contributed by atoms with van der Waals surface area (Å²) < 4.78 is 6.30. The van der Waals surface area contributed by atoms with Crippen LogP contribution in [0.4, 0.5) is 10.8 Å². The number of anilines is 2. The SMILES string of the molecule is COc1ccc2nc(Nc3ccc(Cl)cc3)sc2c1. The van der Waals surface area contributed by atoms with E-state index in [1.807, 2.05) is 42.5 Å². The van der Waals surface area contributed by atoms with Crippen molar-refractivity contribution in [3.05, 3.63) is 47.5 Å². The largest absolute Gasteiger partial charge is 0.497 e. The van der Waals surface area contributed by atoms with E-state index in [0.29, 0.717) is 0 Å². The Bertz CT molecular complexity index is 709. The lowest BCUT2D eigenvalue weighted by Crippen LogP contribution is -1.87. The Hall–Kier alpha value is -1.78. The van der Waals surface area contributed by atoms with Crippen molar-refractivity contribution in [2.45, 2.75) is 0 Å². The molecule has 1 aromatic heterocycles. The van der Waals surface area contributed by atoms with Crippen LogP contribution < -0.4 is 10.1 Å². The molecule has 3 rings (SSSR count). The molecule has 1 N–H and O–H groups in total. The highest BCUT2D eigenvalue weighted by atomic mass is 35.5. The molecule has 2 aromatic carbocycles. The van der Waals surface area contributed by atoms with Gasteiger partial charge in [-0.15, -0.1) is 0 Å². The van der Waals surface area contributed by atoms with Crippen LogP contribution in [-0.4, -0.2) is 12.1 Å². The highest BCUT2D eigenvalue weighted by Gasteiger charge is 2.05. The lowest BCUT2D eigenvalue weighted by molar-refractivity contribution is 0.415. The third-order valence-corrected chi connectivity index (χ3v) is 3.88. The molecule has 19 heavy (non-hydrogen) atoms. The predicted octanol–water partition coefficient (Wildman–Crippen LogP) is 4.70. The normalized spacial score (nSPS) is 10.6. The summed E-state index contributed by atoms with van der Waals surface area (Å²) in [5.74, 6) is 0.842. The van der Waals surface area contributed by atoms with Gasteiger partial charge in [0.25, 0.3) is 0 Å². The third kappa shape index (κ3) is 2.64. The maximum absolute atomic E-state index is 5.86. The van der Waals surface area contributed by atoms with Gasteiger partial charge in [0.1, 0.15) is 5.75 Å². The summed E-state index contributed by atoms with van der Waals surface area (Å²) >= 11 is 7.45. The molecule has 1 heterocycles. The zero-order chi connectivity index (χ0) is 13.2. The summed E-state index contributed by atoms with van der Waals surface area (Å²) in [6.07, 6.45) is 0. The van der Waals surface area contributed by atoms with E-state index in [-0.39, 0.29) is 0 Å². The van der Waals surface area contributed by atoms with Gasteiger partial charge in [-0.1, -0.05) is 22.9 Å². The Balaban J connectivity index is 1.90. The summed E-state index contributed by atoms with van der Waals surface area (Å²) in [6, 6.07) is 13.4. The van der Waals surface area contributed by atoms with Gasteiger partial charge in [0, 0.05) is 10.7 Å². The van der Waals surface area contributed by atoms with E-state index in [0.717, 1.165) is 31.8 Å². The number of ether oxygens (including phenoxy) is 1. The second-order valence-corrected chi connectivity index (χ2v) is 5.45. The molecular formula is C14H11ClN2OS. The number of rotatable bonds is 3. The molecular weight excluding hydrogens is 280 g/mol. The maximum Gasteiger partial charge on any atom is 0.188 e. The molecule has 0 amide bonds. The first-order valence-corrected chi connectivity index (χ1v) is 6.91. The second-order valence-electron chi connectivity index (χ2n) is 3.98. The van der Waals surface area contributed by atoms with Crippen molar-refractivity contribution in [1.82, 2.24) is 4.98 Å². The number of halogens is 1. The van der Waals surface area contributed by atoms with Gasteiger partial charge in [-0.25, -0.2) is 4.98 Å². The first-order chi connectivity index (χ1) is 9.24. The minimum absolute atomic E-state index is 0.722. The van der Waals surface area contributed by atoms with Gasteiger partial charge < -0.3 is 10.1 Å². The van der Waals surface area contributed by atoms with Gasteiger partial charge in [-0.2, -0.15) is 0 Å². The number of aromatic nitrogens is 1. The van der Waals surface area contributed by atoms with E-state index in [2.05, 4.69) is 10.3 Å². The topological polar surface area (TPSA) is 34.1 Å². The van der Waals surface area contributed by atoms with Crippen LogP contribution in [0.1, 0.15) is 0 Å². The van der Waals surface area contributed by atoms with E-state index < -0.39 is 0 Å². The minimum Gasteiger partial charge on any atom is -0.497 e. The van der Waals surface area contributed by atoms with Gasteiger partial charge in [0.05, 0.1) is 17.3 Å². The Morgan fingerprint density at radius 3 is 2.68 bits per heavy atom. The van der Waals surface area contributed by atoms with Crippen molar-refractivity contribution >= 4 is 44.0 Å².